The van der Waals surface area contributed by atoms with Crippen molar-refractivity contribution in [1.82, 2.24) is 0 Å². The molecule has 0 atom stereocenters. The third kappa shape index (κ3) is 14.7. The molecule has 6 heteroatoms. The Balaban J connectivity index is 0.000000110. The molecule has 0 saturated carbocycles. The second-order valence-corrected chi connectivity index (χ2v) is 31.5. The second-order valence-electron chi connectivity index (χ2n) is 31.5. The van der Waals surface area contributed by atoms with Gasteiger partial charge in [0.25, 0.3) is 0 Å². The summed E-state index contributed by atoms with van der Waals surface area (Å²) in [5, 5.41) is 20.5. The smallest absolute Gasteiger partial charge is 0.204 e. The van der Waals surface area contributed by atoms with Gasteiger partial charge in [-0.3, -0.25) is 0 Å². The van der Waals surface area contributed by atoms with Crippen LogP contribution in [0.25, 0.3) is 186 Å². The minimum Gasteiger partial charge on any atom is -0.204 e. The average molecular weight is 1560 g/mol. The van der Waals surface area contributed by atoms with Gasteiger partial charge >= 0.3 is 6.18 Å². The van der Waals surface area contributed by atoms with Crippen LogP contribution in [-0.4, -0.2) is 0 Å². The first-order valence-corrected chi connectivity index (χ1v) is 40.4. The first kappa shape index (κ1) is 76.8. The number of benzene rings is 21. The summed E-state index contributed by atoms with van der Waals surface area (Å²) in [7, 11) is 0. The molecule has 0 unspecified atom stereocenters. The van der Waals surface area contributed by atoms with Gasteiger partial charge in [0.1, 0.15) is 0 Å². The van der Waals surface area contributed by atoms with E-state index in [1.165, 1.54) is 98.7 Å². The highest BCUT2D eigenvalue weighted by Gasteiger charge is 2.31. The summed E-state index contributed by atoms with van der Waals surface area (Å²) in [6.45, 7) is 8.93. The number of alkyl halides is 3. The molecule has 21 rings (SSSR count). The van der Waals surface area contributed by atoms with Gasteiger partial charge in [-0.1, -0.05) is 415 Å². The van der Waals surface area contributed by atoms with Gasteiger partial charge in [0.05, 0.1) is 5.56 Å². The first-order chi connectivity index (χ1) is 58.5. The van der Waals surface area contributed by atoms with Crippen LogP contribution in [0, 0.1) is 24.4 Å². The highest BCUT2D eigenvalue weighted by atomic mass is 19.4. The van der Waals surface area contributed by atoms with Crippen LogP contribution in [0.1, 0.15) is 37.5 Å². The van der Waals surface area contributed by atoms with E-state index in [4.69, 9.17) is 0 Å². The summed E-state index contributed by atoms with van der Waals surface area (Å²) in [4.78, 5) is 0. The van der Waals surface area contributed by atoms with E-state index in [9.17, 15) is 26.3 Å². The van der Waals surface area contributed by atoms with Crippen molar-refractivity contribution in [3.63, 3.8) is 0 Å². The van der Waals surface area contributed by atoms with Crippen molar-refractivity contribution in [2.24, 2.45) is 0 Å². The minimum atomic E-state index is -4.35. The predicted octanol–water partition coefficient (Wildman–Crippen LogP) is 33.5. The molecule has 120 heavy (non-hydrogen) atoms. The van der Waals surface area contributed by atoms with E-state index in [2.05, 4.69) is 282 Å². The topological polar surface area (TPSA) is 0 Å². The largest absolute Gasteiger partial charge is 0.416 e. The lowest BCUT2D eigenvalue weighted by atomic mass is 9.83. The van der Waals surface area contributed by atoms with E-state index in [0.717, 1.165) is 112 Å². The quantitative estimate of drug-likeness (QED) is 0.0808. The molecule has 0 spiro atoms. The zero-order valence-electron chi connectivity index (χ0n) is 66.5. The Morgan fingerprint density at radius 2 is 0.408 bits per heavy atom. The lowest BCUT2D eigenvalue weighted by molar-refractivity contribution is -0.137. The Morgan fingerprint density at radius 1 is 0.192 bits per heavy atom. The van der Waals surface area contributed by atoms with Crippen LogP contribution in [0.15, 0.2) is 413 Å². The van der Waals surface area contributed by atoms with Crippen LogP contribution in [0.3, 0.4) is 0 Å². The molecule has 0 nitrogen and oxygen atoms in total. The third-order valence-corrected chi connectivity index (χ3v) is 23.1. The van der Waals surface area contributed by atoms with Crippen LogP contribution in [0.2, 0.25) is 0 Å². The molecule has 0 aromatic heterocycles. The molecule has 578 valence electrons. The highest BCUT2D eigenvalue weighted by molar-refractivity contribution is 6.26. The zero-order valence-corrected chi connectivity index (χ0v) is 66.5. The van der Waals surface area contributed by atoms with Crippen LogP contribution >= 0.6 is 0 Å². The summed E-state index contributed by atoms with van der Waals surface area (Å²) >= 11 is 0. The molecular formula is C114H80F6. The van der Waals surface area contributed by atoms with Crippen molar-refractivity contribution in [1.29, 1.82) is 0 Å². The summed E-state index contributed by atoms with van der Waals surface area (Å²) < 4.78 is 81.4. The fourth-order valence-electron chi connectivity index (χ4n) is 17.6. The number of fused-ring (bicyclic) bond motifs is 9. The fourth-order valence-corrected chi connectivity index (χ4v) is 17.6. The number of halogens is 6. The maximum absolute atomic E-state index is 14.2. The van der Waals surface area contributed by atoms with E-state index in [1.54, 1.807) is 12.1 Å². The van der Waals surface area contributed by atoms with Crippen molar-refractivity contribution in [3.8, 4) is 89.0 Å². The Bertz CT molecular complexity index is 6940. The summed E-state index contributed by atoms with van der Waals surface area (Å²) in [6, 6.07) is 139. The molecule has 0 radical (unpaired) electrons. The molecule has 0 saturated heterocycles. The average Bonchev–Trinajstić information content (AvgIpc) is 0.715. The van der Waals surface area contributed by atoms with Gasteiger partial charge in [-0.25, -0.2) is 13.2 Å². The van der Waals surface area contributed by atoms with Crippen molar-refractivity contribution < 1.29 is 26.3 Å². The summed E-state index contributed by atoms with van der Waals surface area (Å²) in [5.41, 5.74) is 19.6. The van der Waals surface area contributed by atoms with Gasteiger partial charge in [0.15, 0.2) is 17.5 Å². The molecule has 0 amide bonds. The van der Waals surface area contributed by atoms with Crippen LogP contribution < -0.4 is 0 Å². The third-order valence-electron chi connectivity index (χ3n) is 23.1. The molecule has 0 aliphatic rings. The number of rotatable bonds is 8. The van der Waals surface area contributed by atoms with Crippen LogP contribution in [-0.2, 0) is 11.6 Å². The fraction of sp³-hybridized carbons (Fsp3) is 0.0526. The van der Waals surface area contributed by atoms with Gasteiger partial charge in [0.2, 0.25) is 0 Å². The minimum absolute atomic E-state index is 0.153. The van der Waals surface area contributed by atoms with Gasteiger partial charge in [-0.2, -0.15) is 13.2 Å². The monoisotopic (exact) mass is 1560 g/mol. The maximum atomic E-state index is 14.2. The number of aryl methyl sites for hydroxylation is 1. The first-order valence-electron chi connectivity index (χ1n) is 40.4. The Kier molecular flexibility index (Phi) is 20.8. The normalized spacial score (nSPS) is 11.6. The highest BCUT2D eigenvalue weighted by Crippen LogP contribution is 2.50. The number of hydrogen-bond donors (Lipinski definition) is 0. The van der Waals surface area contributed by atoms with Crippen LogP contribution in [0.5, 0.6) is 0 Å². The van der Waals surface area contributed by atoms with Crippen molar-refractivity contribution in [2.45, 2.75) is 39.3 Å². The lowest BCUT2D eigenvalue weighted by Gasteiger charge is -2.21. The van der Waals surface area contributed by atoms with Gasteiger partial charge < -0.3 is 0 Å². The Hall–Kier alpha value is -14.5. The van der Waals surface area contributed by atoms with E-state index in [-0.39, 0.29) is 5.41 Å². The standard InChI is InChI=1S/C30H17F3.C30H26.C27H17F3.C27H20/c31-26-16-19(17-27(32)30(26)33)28-22-11-3-5-13-24(22)29(25-14-6-4-12-23(25)28)21-15-7-9-18-8-1-2-10-20(18)21;1-30(2,3)23-19-17-22(18-20-23)29-26-15-9-7-13-24(26)28(21-11-5-4-6-12-21)25-14-8-10-16-27(25)29;28-27(29,30)20-16-14-19(15-17-20)26-23-12-6-4-10-21(23)25(18-8-2-1-3-9-18)22-11-5-7-13-24(22)26;1-19-15-17-21(18-16-19)27-24-13-7-5-11-22(24)26(20-9-3-2-4-10-20)23-12-6-8-14-25(23)27/h1-17H;4-20H,1-3H3;1-17H;2-18H,1H3. The Labute approximate surface area is 693 Å². The summed E-state index contributed by atoms with van der Waals surface area (Å²) in [5.74, 6) is -3.85. The van der Waals surface area contributed by atoms with Crippen molar-refractivity contribution in [2.75, 3.05) is 0 Å². The van der Waals surface area contributed by atoms with E-state index in [1.807, 2.05) is 121 Å². The molecule has 0 fully saturated rings. The van der Waals surface area contributed by atoms with Gasteiger partial charge in [-0.15, -0.1) is 0 Å². The molecule has 21 aromatic rings. The lowest BCUT2D eigenvalue weighted by Crippen LogP contribution is -2.10. The SMILES string of the molecule is CC(C)(C)c1ccc(-c2c3ccccc3c(-c3ccccc3)c3ccccc23)cc1.Cc1ccc(-c2c3ccccc3c(-c3ccccc3)c3ccccc23)cc1.FC(F)(F)c1ccc(-c2c3ccccc3c(-c3ccccc3)c3ccccc23)cc1.Fc1cc(-c2c3ccccc3c(-c3cccc4ccccc34)c3ccccc23)cc(F)c1F. The van der Waals surface area contributed by atoms with Crippen molar-refractivity contribution in [3.05, 3.63) is 447 Å². The molecule has 0 heterocycles. The second kappa shape index (κ2) is 32.6. The van der Waals surface area contributed by atoms with Gasteiger partial charge in [0, 0.05) is 0 Å². The van der Waals surface area contributed by atoms with E-state index in [0.29, 0.717) is 11.1 Å². The molecule has 0 aliphatic carbocycles. The Morgan fingerprint density at radius 3 is 0.683 bits per heavy atom. The molecular weight excluding hydrogens is 1480 g/mol. The van der Waals surface area contributed by atoms with E-state index >= 15 is 0 Å². The molecule has 0 N–H and O–H groups in total. The van der Waals surface area contributed by atoms with Crippen LogP contribution in [0.4, 0.5) is 26.3 Å². The number of hydrogen-bond acceptors (Lipinski definition) is 0. The molecule has 0 bridgehead atoms. The molecule has 0 aliphatic heterocycles. The predicted molar refractivity (Wildman–Crippen MR) is 495 cm³/mol. The summed E-state index contributed by atoms with van der Waals surface area (Å²) in [6.07, 6.45) is -4.35. The maximum Gasteiger partial charge on any atom is 0.416 e. The molecule has 21 aromatic carbocycles. The van der Waals surface area contributed by atoms with Crippen molar-refractivity contribution >= 4 is 97.0 Å². The van der Waals surface area contributed by atoms with E-state index < -0.39 is 29.2 Å². The zero-order chi connectivity index (χ0) is 82.2. The van der Waals surface area contributed by atoms with Gasteiger partial charge in [-0.05, 0) is 228 Å².